The third kappa shape index (κ3) is 7.26. The lowest BCUT2D eigenvalue weighted by atomic mass is 10.1. The molecule has 1 atom stereocenters. The summed E-state index contributed by atoms with van der Waals surface area (Å²) in [7, 11) is 0. The predicted octanol–water partition coefficient (Wildman–Crippen LogP) is 6.72. The van der Waals surface area contributed by atoms with Crippen LogP contribution >= 0.6 is 12.4 Å². The maximum atomic E-state index is 12.9. The molecule has 0 aliphatic carbocycles. The number of amidine groups is 1. The van der Waals surface area contributed by atoms with E-state index >= 15 is 0 Å². The van der Waals surface area contributed by atoms with E-state index in [4.69, 9.17) is 4.99 Å². The summed E-state index contributed by atoms with van der Waals surface area (Å²) in [5.41, 5.74) is 2.78. The number of nitrogens with zero attached hydrogens (tertiary/aromatic N) is 2. The van der Waals surface area contributed by atoms with Crippen LogP contribution in [0.3, 0.4) is 0 Å². The second-order valence-electron chi connectivity index (χ2n) is 7.31. The molecule has 31 heavy (non-hydrogen) atoms. The van der Waals surface area contributed by atoms with Gasteiger partial charge in [0.1, 0.15) is 5.84 Å². The van der Waals surface area contributed by atoms with Crippen molar-refractivity contribution in [3.8, 4) is 0 Å². The topological polar surface area (TPSA) is 44.7 Å². The molecule has 0 aromatic heterocycles. The molecule has 162 valence electrons. The van der Waals surface area contributed by atoms with Gasteiger partial charge in [-0.25, -0.2) is 4.99 Å². The average molecular weight is 436 g/mol. The Morgan fingerprint density at radius 3 is 2.03 bits per heavy atom. The first-order valence-electron chi connectivity index (χ1n) is 10.5. The molecule has 0 aliphatic rings. The zero-order valence-electron chi connectivity index (χ0n) is 18.1. The van der Waals surface area contributed by atoms with Crippen molar-refractivity contribution in [1.29, 1.82) is 0 Å². The predicted molar refractivity (Wildman–Crippen MR) is 134 cm³/mol. The molecule has 3 aromatic carbocycles. The van der Waals surface area contributed by atoms with Gasteiger partial charge in [0.15, 0.2) is 0 Å². The molecule has 5 heteroatoms. The number of carbonyl (C=O) groups excluding carboxylic acids is 1. The summed E-state index contributed by atoms with van der Waals surface area (Å²) in [5, 5.41) is 3.47. The van der Waals surface area contributed by atoms with E-state index in [2.05, 4.69) is 12.2 Å². The Labute approximate surface area is 191 Å². The SMILES string of the molecule is CCCC(=O)N(CC(C)C(=Nc1ccccc1)Nc1ccccc1)c1ccccc1.Cl. The average Bonchev–Trinajstić information content (AvgIpc) is 2.79. The monoisotopic (exact) mass is 435 g/mol. The lowest BCUT2D eigenvalue weighted by Gasteiger charge is -2.27. The van der Waals surface area contributed by atoms with Gasteiger partial charge in [-0.3, -0.25) is 4.79 Å². The van der Waals surface area contributed by atoms with Crippen molar-refractivity contribution in [3.63, 3.8) is 0 Å². The van der Waals surface area contributed by atoms with E-state index in [1.165, 1.54) is 0 Å². The van der Waals surface area contributed by atoms with Crippen LogP contribution in [0.25, 0.3) is 0 Å². The van der Waals surface area contributed by atoms with Gasteiger partial charge in [-0.15, -0.1) is 12.4 Å². The summed E-state index contributed by atoms with van der Waals surface area (Å²) >= 11 is 0. The van der Waals surface area contributed by atoms with E-state index in [1.54, 1.807) is 0 Å². The lowest BCUT2D eigenvalue weighted by Crippen LogP contribution is -2.38. The number of benzene rings is 3. The number of hydrogen-bond donors (Lipinski definition) is 1. The van der Waals surface area contributed by atoms with E-state index < -0.39 is 0 Å². The maximum Gasteiger partial charge on any atom is 0.226 e. The Morgan fingerprint density at radius 1 is 0.903 bits per heavy atom. The number of carbonyl (C=O) groups is 1. The first-order chi connectivity index (χ1) is 14.7. The second kappa shape index (κ2) is 12.6. The van der Waals surface area contributed by atoms with Crippen molar-refractivity contribution in [1.82, 2.24) is 0 Å². The molecule has 3 aromatic rings. The van der Waals surface area contributed by atoms with Crippen LogP contribution in [0.15, 0.2) is 96.0 Å². The van der Waals surface area contributed by atoms with Crippen molar-refractivity contribution in [2.45, 2.75) is 26.7 Å². The quantitative estimate of drug-likeness (QED) is 0.315. The third-order valence-corrected chi connectivity index (χ3v) is 4.81. The molecule has 1 N–H and O–H groups in total. The van der Waals surface area contributed by atoms with E-state index in [0.29, 0.717) is 13.0 Å². The molecule has 0 saturated heterocycles. The number of aliphatic imine (C=N–C) groups is 1. The molecule has 3 rings (SSSR count). The molecule has 0 bridgehead atoms. The highest BCUT2D eigenvalue weighted by atomic mass is 35.5. The lowest BCUT2D eigenvalue weighted by molar-refractivity contribution is -0.118. The van der Waals surface area contributed by atoms with Gasteiger partial charge in [0.05, 0.1) is 5.69 Å². The Morgan fingerprint density at radius 2 is 1.45 bits per heavy atom. The summed E-state index contributed by atoms with van der Waals surface area (Å²) in [5.74, 6) is 0.971. The zero-order valence-corrected chi connectivity index (χ0v) is 18.9. The Balaban J connectivity index is 0.00000341. The first-order valence-corrected chi connectivity index (χ1v) is 10.5. The van der Waals surface area contributed by atoms with Crippen LogP contribution in [-0.4, -0.2) is 18.3 Å². The zero-order chi connectivity index (χ0) is 21.2. The van der Waals surface area contributed by atoms with Crippen LogP contribution in [0.2, 0.25) is 0 Å². The molecule has 4 nitrogen and oxygen atoms in total. The van der Waals surface area contributed by atoms with Gasteiger partial charge in [-0.05, 0) is 42.8 Å². The number of nitrogens with one attached hydrogen (secondary N) is 1. The van der Waals surface area contributed by atoms with Crippen molar-refractivity contribution in [2.75, 3.05) is 16.8 Å². The van der Waals surface area contributed by atoms with Crippen LogP contribution in [0.1, 0.15) is 26.7 Å². The fourth-order valence-electron chi connectivity index (χ4n) is 3.24. The largest absolute Gasteiger partial charge is 0.343 e. The molecule has 0 aliphatic heterocycles. The smallest absolute Gasteiger partial charge is 0.226 e. The molecular formula is C26H30ClN3O. The summed E-state index contributed by atoms with van der Waals surface area (Å²) in [6.45, 7) is 4.69. The van der Waals surface area contributed by atoms with Gasteiger partial charge in [0.25, 0.3) is 0 Å². The minimum atomic E-state index is 0. The number of para-hydroxylation sites is 3. The van der Waals surface area contributed by atoms with Crippen molar-refractivity contribution >= 4 is 41.2 Å². The Kier molecular flexibility index (Phi) is 9.79. The van der Waals surface area contributed by atoms with Crippen LogP contribution in [0.5, 0.6) is 0 Å². The summed E-state index contributed by atoms with van der Waals surface area (Å²) < 4.78 is 0. The molecule has 0 saturated carbocycles. The van der Waals surface area contributed by atoms with Crippen LogP contribution < -0.4 is 10.2 Å². The first kappa shape index (κ1) is 24.2. The summed E-state index contributed by atoms with van der Waals surface area (Å²) in [4.78, 5) is 19.6. The van der Waals surface area contributed by atoms with Gasteiger partial charge in [-0.2, -0.15) is 0 Å². The molecule has 0 radical (unpaired) electrons. The third-order valence-electron chi connectivity index (χ3n) is 4.81. The molecular weight excluding hydrogens is 406 g/mol. The van der Waals surface area contributed by atoms with E-state index in [1.807, 2.05) is 103 Å². The number of anilines is 2. The number of halogens is 1. The van der Waals surface area contributed by atoms with E-state index in [9.17, 15) is 4.79 Å². The number of hydrogen-bond acceptors (Lipinski definition) is 2. The molecule has 0 spiro atoms. The van der Waals surface area contributed by atoms with E-state index in [0.717, 1.165) is 29.3 Å². The van der Waals surface area contributed by atoms with Crippen LogP contribution in [-0.2, 0) is 4.79 Å². The maximum absolute atomic E-state index is 12.9. The van der Waals surface area contributed by atoms with Gasteiger partial charge in [-0.1, -0.05) is 68.4 Å². The van der Waals surface area contributed by atoms with E-state index in [-0.39, 0.29) is 24.2 Å². The van der Waals surface area contributed by atoms with Crippen LogP contribution in [0.4, 0.5) is 17.1 Å². The molecule has 1 amide bonds. The summed E-state index contributed by atoms with van der Waals surface area (Å²) in [6, 6.07) is 29.8. The molecule has 0 fully saturated rings. The summed E-state index contributed by atoms with van der Waals surface area (Å²) in [6.07, 6.45) is 1.35. The minimum absolute atomic E-state index is 0. The standard InChI is InChI=1S/C26H29N3O.ClH/c1-3-13-25(30)29(24-18-11-6-12-19-24)20-21(2)26(27-22-14-7-4-8-15-22)28-23-16-9-5-10-17-23;/h4-12,14-19,21H,3,13,20H2,1-2H3,(H,27,28);1H. The molecule has 0 heterocycles. The minimum Gasteiger partial charge on any atom is -0.343 e. The normalized spacial score (nSPS) is 11.9. The fraction of sp³-hybridized carbons (Fsp3) is 0.231. The van der Waals surface area contributed by atoms with Crippen LogP contribution in [0, 0.1) is 5.92 Å². The highest BCUT2D eigenvalue weighted by molar-refractivity contribution is 6.00. The molecule has 1 unspecified atom stereocenters. The van der Waals surface area contributed by atoms with Crippen molar-refractivity contribution in [2.24, 2.45) is 10.9 Å². The second-order valence-corrected chi connectivity index (χ2v) is 7.31. The van der Waals surface area contributed by atoms with Gasteiger partial charge in [0, 0.05) is 30.3 Å². The Bertz CT molecular complexity index is 946. The Hall–Kier alpha value is -3.11. The highest BCUT2D eigenvalue weighted by Gasteiger charge is 2.21. The van der Waals surface area contributed by atoms with Crippen molar-refractivity contribution in [3.05, 3.63) is 91.0 Å². The number of rotatable bonds is 8. The highest BCUT2D eigenvalue weighted by Crippen LogP contribution is 2.20. The van der Waals surface area contributed by atoms with Gasteiger partial charge < -0.3 is 10.2 Å². The van der Waals surface area contributed by atoms with Gasteiger partial charge in [0.2, 0.25) is 5.91 Å². The van der Waals surface area contributed by atoms with Gasteiger partial charge >= 0.3 is 0 Å². The van der Waals surface area contributed by atoms with Crippen molar-refractivity contribution < 1.29 is 4.79 Å². The number of amides is 1. The fourth-order valence-corrected chi connectivity index (χ4v) is 3.24.